The normalized spacial score (nSPS) is 11.1. The lowest BCUT2D eigenvalue weighted by Crippen LogP contribution is -2.07. The molecule has 0 bridgehead atoms. The first kappa shape index (κ1) is 17.0. The Labute approximate surface area is 127 Å². The molecule has 1 aromatic rings. The Balaban J connectivity index is 2.27. The van der Waals surface area contributed by atoms with Gasteiger partial charge in [0.25, 0.3) is 10.1 Å². The molecule has 0 amide bonds. The van der Waals surface area contributed by atoms with Crippen molar-refractivity contribution in [3.8, 4) is 0 Å². The van der Waals surface area contributed by atoms with Crippen LogP contribution in [0.25, 0.3) is 10.4 Å². The van der Waals surface area contributed by atoms with Crippen LogP contribution in [0.5, 0.6) is 0 Å². The quantitative estimate of drug-likeness (QED) is 0.218. The number of unbranched alkanes of at least 4 members (excludes halogenated alkanes) is 3. The Bertz CT molecular complexity index is 554. The van der Waals surface area contributed by atoms with E-state index in [9.17, 15) is 8.42 Å². The topological polar surface area (TPSA) is 92.1 Å². The molecule has 8 heteroatoms. The minimum atomic E-state index is -3.67. The number of hydrogen-bond acceptors (Lipinski definition) is 4. The number of nitrogens with zero attached hydrogens (tertiary/aromatic N) is 3. The van der Waals surface area contributed by atoms with Gasteiger partial charge in [-0.1, -0.05) is 33.9 Å². The third-order valence-corrected chi connectivity index (χ3v) is 4.41. The molecule has 0 fully saturated rings. The number of halogens is 1. The van der Waals surface area contributed by atoms with Crippen molar-refractivity contribution < 1.29 is 12.6 Å². The second-order valence-electron chi connectivity index (χ2n) is 4.10. The zero-order valence-electron chi connectivity index (χ0n) is 10.9. The largest absolute Gasteiger partial charge is 0.296 e. The number of benzene rings is 1. The predicted molar refractivity (Wildman–Crippen MR) is 79.8 cm³/mol. The molecule has 1 aromatic carbocycles. The van der Waals surface area contributed by atoms with Crippen molar-refractivity contribution in [3.05, 3.63) is 39.2 Å². The molecule has 0 aliphatic carbocycles. The Hall–Kier alpha value is -1.08. The lowest BCUT2D eigenvalue weighted by molar-refractivity contribution is 0.306. The molecule has 0 saturated heterocycles. The second-order valence-corrected chi connectivity index (χ2v) is 6.63. The van der Waals surface area contributed by atoms with E-state index in [2.05, 4.69) is 26.0 Å². The highest BCUT2D eigenvalue weighted by atomic mass is 79.9. The Kier molecular flexibility index (Phi) is 7.61. The summed E-state index contributed by atoms with van der Waals surface area (Å²) in [5, 5.41) is 3.43. The van der Waals surface area contributed by atoms with Crippen molar-refractivity contribution in [2.75, 3.05) is 13.2 Å². The van der Waals surface area contributed by atoms with Crippen molar-refractivity contribution in [1.82, 2.24) is 0 Å². The first-order valence-corrected chi connectivity index (χ1v) is 8.42. The summed E-state index contributed by atoms with van der Waals surface area (Å²) in [5.41, 5.74) is 8.09. The van der Waals surface area contributed by atoms with Gasteiger partial charge >= 0.3 is 0 Å². The molecule has 0 N–H and O–H groups in total. The van der Waals surface area contributed by atoms with Crippen molar-refractivity contribution >= 4 is 26.0 Å². The Morgan fingerprint density at radius 1 is 1.15 bits per heavy atom. The van der Waals surface area contributed by atoms with Gasteiger partial charge in [-0.2, -0.15) is 8.42 Å². The average Bonchev–Trinajstić information content (AvgIpc) is 2.42. The van der Waals surface area contributed by atoms with Crippen LogP contribution in [0.2, 0.25) is 0 Å². The fourth-order valence-corrected chi connectivity index (χ4v) is 2.73. The highest BCUT2D eigenvalue weighted by Crippen LogP contribution is 2.17. The summed E-state index contributed by atoms with van der Waals surface area (Å²) >= 11 is 3.25. The summed E-state index contributed by atoms with van der Waals surface area (Å²) < 4.78 is 29.4. The molecular formula is C12H16BrN3O3S. The van der Waals surface area contributed by atoms with Gasteiger partial charge < -0.3 is 0 Å². The molecule has 0 unspecified atom stereocenters. The molecule has 0 saturated carbocycles. The molecule has 1 rings (SSSR count). The summed E-state index contributed by atoms with van der Waals surface area (Å²) in [6, 6.07) is 6.32. The summed E-state index contributed by atoms with van der Waals surface area (Å²) in [6.45, 7) is 0.647. The lowest BCUT2D eigenvalue weighted by atomic mass is 10.2. The van der Waals surface area contributed by atoms with Gasteiger partial charge in [0.1, 0.15) is 0 Å². The molecule has 0 radical (unpaired) electrons. The maximum atomic E-state index is 11.8. The summed E-state index contributed by atoms with van der Waals surface area (Å²) in [7, 11) is -3.67. The Morgan fingerprint density at radius 2 is 1.80 bits per heavy atom. The zero-order valence-corrected chi connectivity index (χ0v) is 13.3. The highest BCUT2D eigenvalue weighted by Gasteiger charge is 2.14. The standard InChI is InChI=1S/C12H16BrN3O3S/c13-11-5-7-12(8-6-11)20(17,18)19-10-4-2-1-3-9-15-16-14/h5-8H,1-4,9-10H2. The molecule has 110 valence electrons. The molecule has 6 nitrogen and oxygen atoms in total. The Morgan fingerprint density at radius 3 is 2.45 bits per heavy atom. The molecular weight excluding hydrogens is 346 g/mol. The molecule has 0 atom stereocenters. The van der Waals surface area contributed by atoms with Crippen LogP contribution in [0.4, 0.5) is 0 Å². The van der Waals surface area contributed by atoms with Crippen LogP contribution in [-0.4, -0.2) is 21.6 Å². The monoisotopic (exact) mass is 361 g/mol. The zero-order chi connectivity index (χ0) is 14.8. The van der Waals surface area contributed by atoms with Gasteiger partial charge in [-0.15, -0.1) is 0 Å². The first-order valence-electron chi connectivity index (χ1n) is 6.22. The van der Waals surface area contributed by atoms with E-state index in [0.717, 1.165) is 23.7 Å². The van der Waals surface area contributed by atoms with E-state index in [1.54, 1.807) is 12.1 Å². The van der Waals surface area contributed by atoms with Crippen LogP contribution in [0.15, 0.2) is 38.7 Å². The molecule has 0 aromatic heterocycles. The molecule has 20 heavy (non-hydrogen) atoms. The van der Waals surface area contributed by atoms with E-state index in [1.807, 2.05) is 0 Å². The maximum Gasteiger partial charge on any atom is 0.296 e. The van der Waals surface area contributed by atoms with Crippen LogP contribution in [0.1, 0.15) is 25.7 Å². The van der Waals surface area contributed by atoms with Gasteiger partial charge in [-0.3, -0.25) is 4.18 Å². The molecule has 0 aliphatic heterocycles. The number of azide groups is 1. The van der Waals surface area contributed by atoms with Crippen molar-refractivity contribution in [2.24, 2.45) is 5.11 Å². The first-order chi connectivity index (χ1) is 9.56. The smallest absolute Gasteiger partial charge is 0.266 e. The van der Waals surface area contributed by atoms with Gasteiger partial charge in [0.2, 0.25) is 0 Å². The molecule has 0 spiro atoms. The minimum Gasteiger partial charge on any atom is -0.266 e. The van der Waals surface area contributed by atoms with Gasteiger partial charge in [0.15, 0.2) is 0 Å². The number of rotatable bonds is 9. The van der Waals surface area contributed by atoms with Crippen molar-refractivity contribution in [1.29, 1.82) is 0 Å². The van der Waals surface area contributed by atoms with E-state index in [0.29, 0.717) is 13.0 Å². The predicted octanol–water partition coefficient (Wildman–Crippen LogP) is 4.03. The average molecular weight is 362 g/mol. The van der Waals surface area contributed by atoms with E-state index >= 15 is 0 Å². The van der Waals surface area contributed by atoms with E-state index in [-0.39, 0.29) is 11.5 Å². The van der Waals surface area contributed by atoms with Crippen LogP contribution in [0.3, 0.4) is 0 Å². The third-order valence-electron chi connectivity index (χ3n) is 2.56. The highest BCUT2D eigenvalue weighted by molar-refractivity contribution is 9.10. The number of hydrogen-bond donors (Lipinski definition) is 0. The SMILES string of the molecule is [N-]=[N+]=NCCCCCCOS(=O)(=O)c1ccc(Br)cc1. The van der Waals surface area contributed by atoms with E-state index < -0.39 is 10.1 Å². The second kappa shape index (κ2) is 8.97. The maximum absolute atomic E-state index is 11.8. The van der Waals surface area contributed by atoms with Crippen LogP contribution >= 0.6 is 15.9 Å². The van der Waals surface area contributed by atoms with Crippen LogP contribution in [-0.2, 0) is 14.3 Å². The summed E-state index contributed by atoms with van der Waals surface area (Å²) in [6.07, 6.45) is 3.20. The van der Waals surface area contributed by atoms with Gasteiger partial charge in [0, 0.05) is 15.9 Å². The minimum absolute atomic E-state index is 0.157. The lowest BCUT2D eigenvalue weighted by Gasteiger charge is -2.05. The van der Waals surface area contributed by atoms with Gasteiger partial charge in [0.05, 0.1) is 11.5 Å². The fraction of sp³-hybridized carbons (Fsp3) is 0.500. The van der Waals surface area contributed by atoms with Gasteiger partial charge in [-0.05, 0) is 42.6 Å². The molecule has 0 heterocycles. The van der Waals surface area contributed by atoms with Crippen LogP contribution < -0.4 is 0 Å². The fourth-order valence-electron chi connectivity index (χ4n) is 1.52. The molecule has 0 aliphatic rings. The van der Waals surface area contributed by atoms with Gasteiger partial charge in [-0.25, -0.2) is 0 Å². The third kappa shape index (κ3) is 6.38. The summed E-state index contributed by atoms with van der Waals surface area (Å²) in [4.78, 5) is 2.82. The van der Waals surface area contributed by atoms with E-state index in [1.165, 1.54) is 12.1 Å². The van der Waals surface area contributed by atoms with Crippen molar-refractivity contribution in [3.63, 3.8) is 0 Å². The summed E-state index contributed by atoms with van der Waals surface area (Å²) in [5.74, 6) is 0. The van der Waals surface area contributed by atoms with Crippen LogP contribution in [0, 0.1) is 0 Å². The van der Waals surface area contributed by atoms with Crippen molar-refractivity contribution in [2.45, 2.75) is 30.6 Å². The van der Waals surface area contributed by atoms with E-state index in [4.69, 9.17) is 9.71 Å².